The first-order valence-electron chi connectivity index (χ1n) is 7.26. The Morgan fingerprint density at radius 2 is 1.71 bits per heavy atom. The van der Waals surface area contributed by atoms with Crippen molar-refractivity contribution in [3.05, 3.63) is 35.4 Å². The van der Waals surface area contributed by atoms with E-state index in [9.17, 15) is 14.4 Å². The zero-order valence-corrected chi connectivity index (χ0v) is 12.0. The first-order valence-corrected chi connectivity index (χ1v) is 7.26. The van der Waals surface area contributed by atoms with Crippen molar-refractivity contribution in [3.63, 3.8) is 0 Å². The third kappa shape index (κ3) is 2.22. The van der Waals surface area contributed by atoms with Crippen LogP contribution in [0.15, 0.2) is 24.3 Å². The van der Waals surface area contributed by atoms with Crippen molar-refractivity contribution in [2.45, 2.75) is 39.2 Å². The van der Waals surface area contributed by atoms with Gasteiger partial charge in [-0.3, -0.25) is 19.8 Å². The number of imide groups is 2. The molecule has 21 heavy (non-hydrogen) atoms. The fraction of sp³-hybridized carbons (Fsp3) is 0.438. The first-order chi connectivity index (χ1) is 10.0. The van der Waals surface area contributed by atoms with Crippen LogP contribution in [-0.2, 0) is 16.1 Å². The van der Waals surface area contributed by atoms with Crippen molar-refractivity contribution in [1.82, 2.24) is 10.2 Å². The van der Waals surface area contributed by atoms with Gasteiger partial charge in [0.15, 0.2) is 0 Å². The van der Waals surface area contributed by atoms with Crippen molar-refractivity contribution in [2.75, 3.05) is 0 Å². The highest BCUT2D eigenvalue weighted by atomic mass is 16.2. The summed E-state index contributed by atoms with van der Waals surface area (Å²) in [5.41, 5.74) is 0.987. The number of aryl methyl sites for hydroxylation is 1. The molecule has 2 aliphatic rings. The second-order valence-corrected chi connectivity index (χ2v) is 5.93. The zero-order valence-electron chi connectivity index (χ0n) is 12.0. The quantitative estimate of drug-likeness (QED) is 0.847. The number of hydrogen-bond donors (Lipinski definition) is 1. The van der Waals surface area contributed by atoms with Crippen molar-refractivity contribution in [2.24, 2.45) is 5.41 Å². The molecule has 3 rings (SSSR count). The molecule has 110 valence electrons. The fourth-order valence-corrected chi connectivity index (χ4v) is 3.17. The molecule has 0 radical (unpaired) electrons. The summed E-state index contributed by atoms with van der Waals surface area (Å²) in [6.45, 7) is 2.19. The second kappa shape index (κ2) is 4.98. The Balaban J connectivity index is 1.86. The van der Waals surface area contributed by atoms with Crippen molar-refractivity contribution < 1.29 is 14.4 Å². The molecule has 1 spiro atoms. The van der Waals surface area contributed by atoms with E-state index in [0.717, 1.165) is 24.0 Å². The molecule has 0 atom stereocenters. The van der Waals surface area contributed by atoms with Gasteiger partial charge in [0.1, 0.15) is 5.41 Å². The average molecular weight is 286 g/mol. The molecule has 5 nitrogen and oxygen atoms in total. The molecule has 1 aliphatic carbocycles. The van der Waals surface area contributed by atoms with Crippen LogP contribution in [0.2, 0.25) is 0 Å². The summed E-state index contributed by atoms with van der Waals surface area (Å²) >= 11 is 0. The maximum absolute atomic E-state index is 12.7. The number of urea groups is 1. The molecule has 0 unspecified atom stereocenters. The maximum Gasteiger partial charge on any atom is 0.331 e. The second-order valence-electron chi connectivity index (χ2n) is 5.93. The van der Waals surface area contributed by atoms with Gasteiger partial charge in [-0.1, -0.05) is 42.7 Å². The predicted octanol–water partition coefficient (Wildman–Crippen LogP) is 2.13. The molecular weight excluding hydrogens is 268 g/mol. The number of nitrogens with one attached hydrogen (secondary N) is 1. The molecule has 0 bridgehead atoms. The molecule has 2 fully saturated rings. The van der Waals surface area contributed by atoms with Gasteiger partial charge in [0.05, 0.1) is 6.54 Å². The van der Waals surface area contributed by atoms with E-state index in [1.54, 1.807) is 0 Å². The smallest absolute Gasteiger partial charge is 0.277 e. The van der Waals surface area contributed by atoms with E-state index in [1.807, 2.05) is 31.2 Å². The summed E-state index contributed by atoms with van der Waals surface area (Å²) in [5, 5.41) is 2.35. The molecule has 4 amide bonds. The van der Waals surface area contributed by atoms with E-state index >= 15 is 0 Å². The molecule has 1 saturated carbocycles. The third-order valence-corrected chi connectivity index (χ3v) is 4.47. The minimum atomic E-state index is -1.02. The highest BCUT2D eigenvalue weighted by molar-refractivity contribution is 6.19. The van der Waals surface area contributed by atoms with Gasteiger partial charge in [-0.2, -0.15) is 0 Å². The summed E-state index contributed by atoms with van der Waals surface area (Å²) in [7, 11) is 0. The highest BCUT2D eigenvalue weighted by Crippen LogP contribution is 2.42. The standard InChI is InChI=1S/C16H18N2O3/c1-11-4-6-12(7-5-11)10-18-14(20)16(8-2-3-9-16)13(19)17-15(18)21/h4-7H,2-3,8-10H2,1H3,(H,17,19,21). The van der Waals surface area contributed by atoms with E-state index < -0.39 is 17.4 Å². The van der Waals surface area contributed by atoms with Gasteiger partial charge < -0.3 is 0 Å². The molecular formula is C16H18N2O3. The van der Waals surface area contributed by atoms with Crippen LogP contribution in [0.25, 0.3) is 0 Å². The number of barbiturate groups is 1. The fourth-order valence-electron chi connectivity index (χ4n) is 3.17. The number of rotatable bonds is 2. The average Bonchev–Trinajstić information content (AvgIpc) is 2.95. The van der Waals surface area contributed by atoms with Crippen LogP contribution in [0.1, 0.15) is 36.8 Å². The SMILES string of the molecule is Cc1ccc(CN2C(=O)NC(=O)C3(CCCC3)C2=O)cc1. The number of carbonyl (C=O) groups is 3. The summed E-state index contributed by atoms with van der Waals surface area (Å²) in [4.78, 5) is 38.0. The zero-order chi connectivity index (χ0) is 15.0. The molecule has 1 N–H and O–H groups in total. The van der Waals surface area contributed by atoms with E-state index in [4.69, 9.17) is 0 Å². The Hall–Kier alpha value is -2.17. The molecule has 0 aromatic heterocycles. The van der Waals surface area contributed by atoms with E-state index in [2.05, 4.69) is 5.32 Å². The lowest BCUT2D eigenvalue weighted by Gasteiger charge is -2.36. The van der Waals surface area contributed by atoms with E-state index in [0.29, 0.717) is 12.8 Å². The minimum absolute atomic E-state index is 0.208. The van der Waals surface area contributed by atoms with Crippen LogP contribution in [0.4, 0.5) is 4.79 Å². The summed E-state index contributed by atoms with van der Waals surface area (Å²) < 4.78 is 0. The Bertz CT molecular complexity index is 600. The predicted molar refractivity (Wildman–Crippen MR) is 76.2 cm³/mol. The largest absolute Gasteiger partial charge is 0.331 e. The molecule has 1 aromatic rings. The topological polar surface area (TPSA) is 66.5 Å². The lowest BCUT2D eigenvalue weighted by Crippen LogP contribution is -2.62. The van der Waals surface area contributed by atoms with E-state index in [1.165, 1.54) is 4.90 Å². The van der Waals surface area contributed by atoms with E-state index in [-0.39, 0.29) is 12.5 Å². The molecule has 1 aliphatic heterocycles. The van der Waals surface area contributed by atoms with Crippen LogP contribution in [-0.4, -0.2) is 22.7 Å². The number of hydrogen-bond acceptors (Lipinski definition) is 3. The Morgan fingerprint density at radius 3 is 2.33 bits per heavy atom. The minimum Gasteiger partial charge on any atom is -0.277 e. The third-order valence-electron chi connectivity index (χ3n) is 4.47. The lowest BCUT2D eigenvalue weighted by atomic mass is 9.82. The summed E-state index contributed by atoms with van der Waals surface area (Å²) in [6, 6.07) is 7.07. The van der Waals surface area contributed by atoms with Gasteiger partial charge in [-0.05, 0) is 25.3 Å². The molecule has 1 saturated heterocycles. The van der Waals surface area contributed by atoms with Crippen LogP contribution in [0, 0.1) is 12.3 Å². The van der Waals surface area contributed by atoms with Crippen molar-refractivity contribution in [3.8, 4) is 0 Å². The Kier molecular flexibility index (Phi) is 3.27. The van der Waals surface area contributed by atoms with Gasteiger partial charge in [-0.25, -0.2) is 4.79 Å². The molecule has 1 heterocycles. The molecule has 5 heteroatoms. The van der Waals surface area contributed by atoms with Gasteiger partial charge in [0, 0.05) is 0 Å². The van der Waals surface area contributed by atoms with Crippen LogP contribution in [0.3, 0.4) is 0 Å². The summed E-state index contributed by atoms with van der Waals surface area (Å²) in [5.74, 6) is -0.760. The maximum atomic E-state index is 12.7. The number of benzene rings is 1. The van der Waals surface area contributed by atoms with Crippen LogP contribution in [0.5, 0.6) is 0 Å². The van der Waals surface area contributed by atoms with Crippen molar-refractivity contribution >= 4 is 17.8 Å². The van der Waals surface area contributed by atoms with Gasteiger partial charge in [-0.15, -0.1) is 0 Å². The number of amides is 4. The monoisotopic (exact) mass is 286 g/mol. The van der Waals surface area contributed by atoms with Crippen molar-refractivity contribution in [1.29, 1.82) is 0 Å². The highest BCUT2D eigenvalue weighted by Gasteiger charge is 2.54. The molecule has 1 aromatic carbocycles. The summed E-state index contributed by atoms with van der Waals surface area (Å²) in [6.07, 6.45) is 2.78. The van der Waals surface area contributed by atoms with Gasteiger partial charge in [0.25, 0.3) is 0 Å². The van der Waals surface area contributed by atoms with Gasteiger partial charge >= 0.3 is 6.03 Å². The van der Waals surface area contributed by atoms with Gasteiger partial charge in [0.2, 0.25) is 11.8 Å². The lowest BCUT2D eigenvalue weighted by molar-refractivity contribution is -0.151. The number of carbonyl (C=O) groups excluding carboxylic acids is 3. The normalized spacial score (nSPS) is 21.0. The van der Waals surface area contributed by atoms with Crippen LogP contribution < -0.4 is 5.32 Å². The first kappa shape index (κ1) is 13.8. The Labute approximate surface area is 123 Å². The van der Waals surface area contributed by atoms with Crippen LogP contribution >= 0.6 is 0 Å². The number of nitrogens with zero attached hydrogens (tertiary/aromatic N) is 1. The Morgan fingerprint density at radius 1 is 1.10 bits per heavy atom.